The van der Waals surface area contributed by atoms with E-state index in [0.29, 0.717) is 34.6 Å². The Morgan fingerprint density at radius 2 is 1.62 bits per heavy atom. The maximum Gasteiger partial charge on any atom is 0.276 e. The molecule has 0 fully saturated rings. The third kappa shape index (κ3) is 8.03. The van der Waals surface area contributed by atoms with E-state index in [1.807, 2.05) is 55.5 Å². The second-order valence-corrected chi connectivity index (χ2v) is 10.8. The van der Waals surface area contributed by atoms with Crippen LogP contribution in [0.5, 0.6) is 0 Å². The quantitative estimate of drug-likeness (QED) is 0.165. The normalized spacial score (nSPS) is 11.0. The lowest BCUT2D eigenvalue weighted by atomic mass is 10.0. The maximum absolute atomic E-state index is 13.5. The molecule has 0 aliphatic rings. The van der Waals surface area contributed by atoms with Gasteiger partial charge in [-0.25, -0.2) is 4.39 Å². The predicted molar refractivity (Wildman–Crippen MR) is 158 cm³/mol. The minimum absolute atomic E-state index is 0.000315. The molecule has 0 atom stereocenters. The number of rotatable bonds is 12. The number of hydrogen-bond donors (Lipinski definition) is 1. The Labute approximate surface area is 242 Å². The fourth-order valence-electron chi connectivity index (χ4n) is 4.24. The molecule has 1 aromatic heterocycles. The van der Waals surface area contributed by atoms with Crippen LogP contribution in [0.15, 0.2) is 88.9 Å². The van der Waals surface area contributed by atoms with Gasteiger partial charge in [0.1, 0.15) is 12.4 Å². The lowest BCUT2D eigenvalue weighted by Crippen LogP contribution is -2.35. The van der Waals surface area contributed by atoms with Crippen LogP contribution in [-0.4, -0.2) is 38.6 Å². The molecule has 1 N–H and O–H groups in total. The third-order valence-electron chi connectivity index (χ3n) is 6.35. The van der Waals surface area contributed by atoms with E-state index in [1.165, 1.54) is 23.9 Å². The summed E-state index contributed by atoms with van der Waals surface area (Å²) in [6.07, 6.45) is 2.56. The number of thioether (sulfide) groups is 1. The number of aliphatic hydroxyl groups is 1. The lowest BCUT2D eigenvalue weighted by molar-refractivity contribution is -0.132. The Kier molecular flexibility index (Phi) is 10.5. The highest BCUT2D eigenvalue weighted by Gasteiger charge is 2.18. The topological polar surface area (TPSA) is 75.4 Å². The molecule has 6 nitrogen and oxygen atoms in total. The summed E-state index contributed by atoms with van der Waals surface area (Å²) in [5.41, 5.74) is 3.92. The first-order valence-electron chi connectivity index (χ1n) is 13.1. The van der Waals surface area contributed by atoms with Crippen molar-refractivity contribution >= 4 is 29.3 Å². The smallest absolute Gasteiger partial charge is 0.276 e. The van der Waals surface area contributed by atoms with E-state index < -0.39 is 5.56 Å². The Hall–Kier alpha value is -3.46. The summed E-state index contributed by atoms with van der Waals surface area (Å²) in [6.45, 7) is 2.85. The van der Waals surface area contributed by atoms with Gasteiger partial charge in [-0.1, -0.05) is 78.8 Å². The molecule has 208 valence electrons. The molecular weight excluding hydrogens is 549 g/mol. The summed E-state index contributed by atoms with van der Waals surface area (Å²) in [5.74, 6) is 0.0323. The van der Waals surface area contributed by atoms with Crippen LogP contribution in [-0.2, 0) is 30.1 Å². The molecule has 40 heavy (non-hydrogen) atoms. The second-order valence-electron chi connectivity index (χ2n) is 9.39. The average Bonchev–Trinajstić information content (AvgIpc) is 2.95. The zero-order chi connectivity index (χ0) is 28.5. The number of carbonyl (C=O) groups is 1. The third-order valence-corrected chi connectivity index (χ3v) is 7.66. The summed E-state index contributed by atoms with van der Waals surface area (Å²) >= 11 is 7.31. The van der Waals surface area contributed by atoms with E-state index in [2.05, 4.69) is 4.98 Å². The Balaban J connectivity index is 1.51. The minimum atomic E-state index is -0.425. The van der Waals surface area contributed by atoms with Gasteiger partial charge >= 0.3 is 0 Å². The monoisotopic (exact) mass is 579 g/mol. The van der Waals surface area contributed by atoms with Gasteiger partial charge in [-0.2, -0.15) is 4.98 Å². The van der Waals surface area contributed by atoms with Crippen LogP contribution in [0.4, 0.5) is 4.39 Å². The molecule has 9 heteroatoms. The number of benzene rings is 3. The Bertz CT molecular complexity index is 1480. The first-order chi connectivity index (χ1) is 19.4. The fraction of sp³-hybridized carbons (Fsp3) is 0.258. The van der Waals surface area contributed by atoms with Gasteiger partial charge in [-0.15, -0.1) is 0 Å². The molecule has 0 radical (unpaired) electrons. The van der Waals surface area contributed by atoms with E-state index in [-0.39, 0.29) is 31.3 Å². The van der Waals surface area contributed by atoms with E-state index >= 15 is 0 Å². The molecule has 0 saturated carbocycles. The number of aliphatic hydroxyl groups excluding tert-OH is 1. The van der Waals surface area contributed by atoms with Crippen LogP contribution >= 0.6 is 23.4 Å². The Morgan fingerprint density at radius 3 is 2.25 bits per heavy atom. The summed E-state index contributed by atoms with van der Waals surface area (Å²) < 4.78 is 15.0. The molecule has 0 spiro atoms. The van der Waals surface area contributed by atoms with Crippen LogP contribution < -0.4 is 5.56 Å². The van der Waals surface area contributed by atoms with Crippen LogP contribution in [0.3, 0.4) is 0 Å². The van der Waals surface area contributed by atoms with Crippen molar-refractivity contribution in [3.8, 4) is 11.1 Å². The van der Waals surface area contributed by atoms with Gasteiger partial charge in [-0.3, -0.25) is 9.59 Å². The van der Waals surface area contributed by atoms with Gasteiger partial charge in [0.05, 0.1) is 0 Å². The number of hydrogen-bond acceptors (Lipinski definition) is 5. The standard InChI is InChI=1S/C31H31ClFN3O3S/c1-2-16-35(18-22-3-7-24(8-4-22)25-9-11-27(32)12-10-25)29(38)20-36-19-26(15-17-37)30(39)34-31(36)40-21-23-5-13-28(33)14-6-23/h3-14,19,37H,2,15-18,20-21H2,1H3. The highest BCUT2D eigenvalue weighted by atomic mass is 35.5. The molecule has 4 rings (SSSR count). The van der Waals surface area contributed by atoms with Crippen molar-refractivity contribution in [2.24, 2.45) is 0 Å². The van der Waals surface area contributed by atoms with E-state index in [4.69, 9.17) is 11.6 Å². The van der Waals surface area contributed by atoms with Gasteiger partial charge in [0.2, 0.25) is 5.91 Å². The summed E-state index contributed by atoms with van der Waals surface area (Å²) in [4.78, 5) is 32.1. The molecule has 0 aliphatic carbocycles. The highest BCUT2D eigenvalue weighted by molar-refractivity contribution is 7.98. The van der Waals surface area contributed by atoms with Gasteiger partial charge in [0.15, 0.2) is 5.16 Å². The molecular formula is C31H31ClFN3O3S. The van der Waals surface area contributed by atoms with Crippen molar-refractivity contribution < 1.29 is 14.3 Å². The van der Waals surface area contributed by atoms with E-state index in [0.717, 1.165) is 28.7 Å². The number of carbonyl (C=O) groups excluding carboxylic acids is 1. The summed E-state index contributed by atoms with van der Waals surface area (Å²) in [5, 5.41) is 10.5. The molecule has 1 heterocycles. The molecule has 0 saturated heterocycles. The number of halogens is 2. The van der Waals surface area contributed by atoms with Crippen molar-refractivity contribution in [3.05, 3.63) is 117 Å². The van der Waals surface area contributed by atoms with Crippen molar-refractivity contribution in [1.82, 2.24) is 14.5 Å². The predicted octanol–water partition coefficient (Wildman–Crippen LogP) is 5.97. The maximum atomic E-state index is 13.5. The van der Waals surface area contributed by atoms with Crippen molar-refractivity contribution in [2.75, 3.05) is 13.2 Å². The van der Waals surface area contributed by atoms with Gasteiger partial charge in [0, 0.05) is 48.7 Å². The second kappa shape index (κ2) is 14.3. The molecule has 0 aliphatic heterocycles. The Morgan fingerprint density at radius 1 is 1.00 bits per heavy atom. The number of nitrogens with zero attached hydrogens (tertiary/aromatic N) is 3. The van der Waals surface area contributed by atoms with Crippen LogP contribution in [0.25, 0.3) is 11.1 Å². The van der Waals surface area contributed by atoms with E-state index in [1.54, 1.807) is 27.8 Å². The largest absolute Gasteiger partial charge is 0.396 e. The molecule has 0 bridgehead atoms. The lowest BCUT2D eigenvalue weighted by Gasteiger charge is -2.24. The van der Waals surface area contributed by atoms with Crippen LogP contribution in [0.2, 0.25) is 5.02 Å². The average molecular weight is 580 g/mol. The van der Waals surface area contributed by atoms with Crippen molar-refractivity contribution in [2.45, 2.75) is 43.8 Å². The molecule has 4 aromatic rings. The minimum Gasteiger partial charge on any atom is -0.396 e. The van der Waals surface area contributed by atoms with Crippen molar-refractivity contribution in [1.29, 1.82) is 0 Å². The summed E-state index contributed by atoms with van der Waals surface area (Å²) in [7, 11) is 0. The first-order valence-corrected chi connectivity index (χ1v) is 14.4. The molecule has 1 amide bonds. The zero-order valence-electron chi connectivity index (χ0n) is 22.2. The van der Waals surface area contributed by atoms with Crippen LogP contribution in [0.1, 0.15) is 30.0 Å². The summed E-state index contributed by atoms with van der Waals surface area (Å²) in [6, 6.07) is 21.9. The zero-order valence-corrected chi connectivity index (χ0v) is 23.8. The fourth-order valence-corrected chi connectivity index (χ4v) is 5.29. The van der Waals surface area contributed by atoms with Gasteiger partial charge in [-0.05, 0) is 52.9 Å². The van der Waals surface area contributed by atoms with Crippen molar-refractivity contribution in [3.63, 3.8) is 0 Å². The number of amides is 1. The van der Waals surface area contributed by atoms with E-state index in [9.17, 15) is 19.1 Å². The van der Waals surface area contributed by atoms with Crippen LogP contribution in [0, 0.1) is 5.82 Å². The van der Waals surface area contributed by atoms with Gasteiger partial charge < -0.3 is 14.6 Å². The number of aromatic nitrogens is 2. The molecule has 0 unspecified atom stereocenters. The van der Waals surface area contributed by atoms with Gasteiger partial charge in [0.25, 0.3) is 5.56 Å². The molecule has 3 aromatic carbocycles. The highest BCUT2D eigenvalue weighted by Crippen LogP contribution is 2.23. The first kappa shape index (κ1) is 29.5. The SMILES string of the molecule is CCCN(Cc1ccc(-c2ccc(Cl)cc2)cc1)C(=O)Cn1cc(CCO)c(=O)nc1SCc1ccc(F)cc1.